The first-order chi connectivity index (χ1) is 10.3. The maximum Gasteiger partial charge on any atom is 0.122 e. The van der Waals surface area contributed by atoms with E-state index in [9.17, 15) is 0 Å². The highest BCUT2D eigenvalue weighted by molar-refractivity contribution is 5.39. The van der Waals surface area contributed by atoms with Crippen molar-refractivity contribution in [1.82, 2.24) is 5.32 Å². The molecule has 2 heteroatoms. The summed E-state index contributed by atoms with van der Waals surface area (Å²) in [4.78, 5) is 0. The highest BCUT2D eigenvalue weighted by Gasteiger charge is 2.50. The summed E-state index contributed by atoms with van der Waals surface area (Å²) >= 11 is 0. The first-order valence-electron chi connectivity index (χ1n) is 8.78. The molecule has 4 saturated carbocycles. The second-order valence-electron chi connectivity index (χ2n) is 8.09. The van der Waals surface area contributed by atoms with E-state index in [0.717, 1.165) is 43.1 Å². The number of ether oxygens (including phenoxy) is 1. The molecule has 0 radical (unpaired) electrons. The zero-order chi connectivity index (χ0) is 13.9. The van der Waals surface area contributed by atoms with Crippen molar-refractivity contribution in [1.29, 1.82) is 0 Å². The molecule has 0 atom stereocenters. The van der Waals surface area contributed by atoms with Gasteiger partial charge in [-0.2, -0.15) is 0 Å². The molecule has 1 aromatic rings. The molecule has 1 heterocycles. The molecule has 1 aromatic carbocycles. The molecule has 4 aliphatic carbocycles. The maximum absolute atomic E-state index is 5.61. The second-order valence-corrected chi connectivity index (χ2v) is 8.09. The number of rotatable bonds is 3. The van der Waals surface area contributed by atoms with E-state index in [1.54, 1.807) is 0 Å². The average Bonchev–Trinajstić information content (AvgIpc) is 2.91. The largest absolute Gasteiger partial charge is 0.493 e. The fourth-order valence-electron chi connectivity index (χ4n) is 5.97. The molecule has 4 fully saturated rings. The van der Waals surface area contributed by atoms with E-state index in [1.165, 1.54) is 49.7 Å². The standard InChI is InChI=1S/C19H25NO/c1-2-18-17(3-4-21-18)8-13(1)12-20-19-9-14-5-15(10-19)7-16(6-14)11-19/h1-2,8,14-16,20H,3-7,9-12H2. The molecule has 5 aliphatic rings. The summed E-state index contributed by atoms with van der Waals surface area (Å²) in [6, 6.07) is 6.77. The predicted octanol–water partition coefficient (Wildman–Crippen LogP) is 3.68. The van der Waals surface area contributed by atoms with Gasteiger partial charge in [-0.05, 0) is 73.5 Å². The van der Waals surface area contributed by atoms with Gasteiger partial charge in [-0.25, -0.2) is 0 Å². The SMILES string of the molecule is c1cc2c(cc1CNC13CC4CC(CC(C4)C1)C3)CCO2. The Hall–Kier alpha value is -1.02. The Balaban J connectivity index is 1.32. The Morgan fingerprint density at radius 1 is 1.05 bits per heavy atom. The van der Waals surface area contributed by atoms with Gasteiger partial charge in [0.15, 0.2) is 0 Å². The smallest absolute Gasteiger partial charge is 0.122 e. The van der Waals surface area contributed by atoms with Gasteiger partial charge < -0.3 is 10.1 Å². The van der Waals surface area contributed by atoms with Crippen LogP contribution in [0.5, 0.6) is 5.75 Å². The van der Waals surface area contributed by atoms with Crippen molar-refractivity contribution in [3.63, 3.8) is 0 Å². The van der Waals surface area contributed by atoms with E-state index in [-0.39, 0.29) is 0 Å². The molecule has 0 saturated heterocycles. The molecule has 0 amide bonds. The zero-order valence-corrected chi connectivity index (χ0v) is 12.7. The number of hydrogen-bond donors (Lipinski definition) is 1. The van der Waals surface area contributed by atoms with Gasteiger partial charge in [0, 0.05) is 18.5 Å². The Labute approximate surface area is 127 Å². The van der Waals surface area contributed by atoms with Crippen LogP contribution < -0.4 is 10.1 Å². The van der Waals surface area contributed by atoms with Gasteiger partial charge in [0.25, 0.3) is 0 Å². The average molecular weight is 283 g/mol. The van der Waals surface area contributed by atoms with E-state index in [4.69, 9.17) is 4.74 Å². The van der Waals surface area contributed by atoms with Gasteiger partial charge >= 0.3 is 0 Å². The zero-order valence-electron chi connectivity index (χ0n) is 12.7. The summed E-state index contributed by atoms with van der Waals surface area (Å²) in [5, 5.41) is 3.99. The van der Waals surface area contributed by atoms with Crippen LogP contribution in [0.2, 0.25) is 0 Å². The molecule has 1 aliphatic heterocycles. The van der Waals surface area contributed by atoms with Crippen molar-refractivity contribution in [2.75, 3.05) is 6.61 Å². The third kappa shape index (κ3) is 2.11. The van der Waals surface area contributed by atoms with E-state index >= 15 is 0 Å². The van der Waals surface area contributed by atoms with E-state index in [1.807, 2.05) is 0 Å². The Morgan fingerprint density at radius 3 is 2.48 bits per heavy atom. The van der Waals surface area contributed by atoms with Crippen molar-refractivity contribution >= 4 is 0 Å². The number of benzene rings is 1. The van der Waals surface area contributed by atoms with Gasteiger partial charge in [0.05, 0.1) is 6.61 Å². The lowest BCUT2D eigenvalue weighted by Crippen LogP contribution is -2.58. The van der Waals surface area contributed by atoms with Gasteiger partial charge in [0.1, 0.15) is 5.75 Å². The quantitative estimate of drug-likeness (QED) is 0.913. The van der Waals surface area contributed by atoms with Gasteiger partial charge in [-0.3, -0.25) is 0 Å². The summed E-state index contributed by atoms with van der Waals surface area (Å²) < 4.78 is 5.61. The lowest BCUT2D eigenvalue weighted by atomic mass is 9.53. The van der Waals surface area contributed by atoms with E-state index in [2.05, 4.69) is 23.5 Å². The van der Waals surface area contributed by atoms with Crippen LogP contribution in [0.4, 0.5) is 0 Å². The van der Waals surface area contributed by atoms with Crippen molar-refractivity contribution in [3.8, 4) is 5.75 Å². The lowest BCUT2D eigenvalue weighted by Gasteiger charge is -2.57. The summed E-state index contributed by atoms with van der Waals surface area (Å²) in [6.07, 6.45) is 9.97. The minimum Gasteiger partial charge on any atom is -0.493 e. The number of nitrogens with one attached hydrogen (secondary N) is 1. The molecule has 1 N–H and O–H groups in total. The molecule has 21 heavy (non-hydrogen) atoms. The predicted molar refractivity (Wildman–Crippen MR) is 83.4 cm³/mol. The molecule has 0 unspecified atom stereocenters. The lowest BCUT2D eigenvalue weighted by molar-refractivity contribution is -0.0206. The van der Waals surface area contributed by atoms with Crippen molar-refractivity contribution < 1.29 is 4.74 Å². The molecule has 6 rings (SSSR count). The van der Waals surface area contributed by atoms with Crippen LogP contribution in [0.25, 0.3) is 0 Å². The molecule has 2 nitrogen and oxygen atoms in total. The van der Waals surface area contributed by atoms with Crippen LogP contribution in [-0.4, -0.2) is 12.1 Å². The Morgan fingerprint density at radius 2 is 1.76 bits per heavy atom. The summed E-state index contributed by atoms with van der Waals surface area (Å²) in [6.45, 7) is 1.90. The third-order valence-electron chi connectivity index (χ3n) is 6.46. The van der Waals surface area contributed by atoms with Crippen LogP contribution in [0.15, 0.2) is 18.2 Å². The van der Waals surface area contributed by atoms with Crippen molar-refractivity contribution in [2.45, 2.75) is 57.0 Å². The van der Waals surface area contributed by atoms with Crippen LogP contribution in [0, 0.1) is 17.8 Å². The Kier molecular flexibility index (Phi) is 2.67. The Bertz CT molecular complexity index is 529. The number of hydrogen-bond acceptors (Lipinski definition) is 2. The molecule has 0 spiro atoms. The van der Waals surface area contributed by atoms with Gasteiger partial charge in [-0.1, -0.05) is 12.1 Å². The van der Waals surface area contributed by atoms with E-state index in [0.29, 0.717) is 5.54 Å². The van der Waals surface area contributed by atoms with Crippen LogP contribution in [0.3, 0.4) is 0 Å². The molecule has 0 aromatic heterocycles. The molecular formula is C19H25NO. The highest BCUT2D eigenvalue weighted by atomic mass is 16.5. The topological polar surface area (TPSA) is 21.3 Å². The minimum absolute atomic E-state index is 0.476. The van der Waals surface area contributed by atoms with Gasteiger partial charge in [0.2, 0.25) is 0 Å². The third-order valence-corrected chi connectivity index (χ3v) is 6.46. The molecule has 112 valence electrons. The minimum atomic E-state index is 0.476. The molecular weight excluding hydrogens is 258 g/mol. The summed E-state index contributed by atoms with van der Waals surface area (Å²) in [5.41, 5.74) is 3.32. The van der Waals surface area contributed by atoms with Crippen LogP contribution in [-0.2, 0) is 13.0 Å². The second kappa shape index (κ2) is 4.49. The van der Waals surface area contributed by atoms with Crippen molar-refractivity contribution in [3.05, 3.63) is 29.3 Å². The van der Waals surface area contributed by atoms with E-state index < -0.39 is 0 Å². The summed E-state index contributed by atoms with van der Waals surface area (Å²) in [5.74, 6) is 4.18. The fourth-order valence-corrected chi connectivity index (χ4v) is 5.97. The van der Waals surface area contributed by atoms with Crippen molar-refractivity contribution in [2.24, 2.45) is 17.8 Å². The highest BCUT2D eigenvalue weighted by Crippen LogP contribution is 2.55. The molecule has 4 bridgehead atoms. The first kappa shape index (κ1) is 12.5. The van der Waals surface area contributed by atoms with Gasteiger partial charge in [-0.15, -0.1) is 0 Å². The fraction of sp³-hybridized carbons (Fsp3) is 0.684. The summed E-state index contributed by atoms with van der Waals surface area (Å²) in [7, 11) is 0. The first-order valence-corrected chi connectivity index (χ1v) is 8.78. The normalized spacial score (nSPS) is 39.3. The monoisotopic (exact) mass is 283 g/mol. The maximum atomic E-state index is 5.61. The van der Waals surface area contributed by atoms with Crippen LogP contribution >= 0.6 is 0 Å². The van der Waals surface area contributed by atoms with Crippen LogP contribution in [0.1, 0.15) is 49.7 Å². The number of fused-ring (bicyclic) bond motifs is 1.